The van der Waals surface area contributed by atoms with Gasteiger partial charge < -0.3 is 14.8 Å². The van der Waals surface area contributed by atoms with E-state index in [0.717, 1.165) is 35.9 Å². The van der Waals surface area contributed by atoms with Crippen molar-refractivity contribution in [2.45, 2.75) is 58.4 Å². The summed E-state index contributed by atoms with van der Waals surface area (Å²) in [5, 5.41) is 11.9. The highest BCUT2D eigenvalue weighted by molar-refractivity contribution is 5.94. The van der Waals surface area contributed by atoms with Gasteiger partial charge in [0, 0.05) is 31.4 Å². The van der Waals surface area contributed by atoms with E-state index < -0.39 is 11.7 Å². The Morgan fingerprint density at radius 1 is 1.05 bits per heavy atom. The normalized spacial score (nSPS) is 16.3. The van der Waals surface area contributed by atoms with Crippen LogP contribution in [0.2, 0.25) is 0 Å². The number of carbonyl (C=O) groups excluding carboxylic acids is 1. The van der Waals surface area contributed by atoms with Gasteiger partial charge in [-0.3, -0.25) is 9.69 Å². The fraction of sp³-hybridized carbons (Fsp3) is 0.367. The van der Waals surface area contributed by atoms with E-state index in [1.165, 1.54) is 12.1 Å². The highest BCUT2D eigenvalue weighted by Gasteiger charge is 2.32. The van der Waals surface area contributed by atoms with Gasteiger partial charge in [0.2, 0.25) is 5.88 Å². The van der Waals surface area contributed by atoms with Crippen molar-refractivity contribution in [1.29, 1.82) is 5.26 Å². The summed E-state index contributed by atoms with van der Waals surface area (Å²) in [6, 6.07) is 17.5. The molecule has 0 bridgehead atoms. The van der Waals surface area contributed by atoms with E-state index in [1.807, 2.05) is 64.2 Å². The standard InChI is InChI=1S/C30H33FN4O3/c1-19(2)37-25-9-6-22(7-10-25)29(23-8-12-28(33-17-23)38-20(3)4)35-14-13-24(18-35)34-30(36)26-11-5-21(16-32)15-27(26)31/h5-12,15,17,19-20,24,29H,13-14,18H2,1-4H3,(H,34,36)/t24-,29?/m1/s1. The zero-order valence-electron chi connectivity index (χ0n) is 22.1. The minimum atomic E-state index is -0.701. The number of ether oxygens (including phenoxy) is 2. The Bertz CT molecular complexity index is 1230. The first-order valence-electron chi connectivity index (χ1n) is 12.9. The largest absolute Gasteiger partial charge is 0.491 e. The molecule has 0 spiro atoms. The van der Waals surface area contributed by atoms with E-state index in [0.29, 0.717) is 12.4 Å². The summed E-state index contributed by atoms with van der Waals surface area (Å²) < 4.78 is 25.9. The molecule has 1 saturated heterocycles. The quantitative estimate of drug-likeness (QED) is 0.417. The predicted octanol–water partition coefficient (Wildman–Crippen LogP) is 5.26. The summed E-state index contributed by atoms with van der Waals surface area (Å²) in [7, 11) is 0. The topological polar surface area (TPSA) is 87.5 Å². The Labute approximate surface area is 223 Å². The van der Waals surface area contributed by atoms with Crippen LogP contribution in [0.15, 0.2) is 60.8 Å². The van der Waals surface area contributed by atoms with Crippen LogP contribution in [0.5, 0.6) is 11.6 Å². The molecule has 1 fully saturated rings. The van der Waals surface area contributed by atoms with Crippen molar-refractivity contribution in [2.24, 2.45) is 0 Å². The maximum Gasteiger partial charge on any atom is 0.254 e. The number of pyridine rings is 1. The van der Waals surface area contributed by atoms with Gasteiger partial charge in [-0.05, 0) is 75.6 Å². The smallest absolute Gasteiger partial charge is 0.254 e. The van der Waals surface area contributed by atoms with E-state index in [2.05, 4.69) is 27.3 Å². The lowest BCUT2D eigenvalue weighted by Crippen LogP contribution is -2.38. The van der Waals surface area contributed by atoms with Crippen molar-refractivity contribution >= 4 is 5.91 Å². The summed E-state index contributed by atoms with van der Waals surface area (Å²) in [4.78, 5) is 19.6. The molecule has 2 atom stereocenters. The van der Waals surface area contributed by atoms with Crippen molar-refractivity contribution in [3.8, 4) is 17.7 Å². The molecule has 0 saturated carbocycles. The molecule has 4 rings (SSSR count). The van der Waals surface area contributed by atoms with Gasteiger partial charge in [0.15, 0.2) is 0 Å². The Kier molecular flexibility index (Phi) is 8.59. The van der Waals surface area contributed by atoms with Gasteiger partial charge in [0.1, 0.15) is 11.6 Å². The van der Waals surface area contributed by atoms with Crippen LogP contribution in [0.3, 0.4) is 0 Å². The van der Waals surface area contributed by atoms with E-state index >= 15 is 0 Å². The van der Waals surface area contributed by atoms with E-state index in [1.54, 1.807) is 0 Å². The number of rotatable bonds is 9. The van der Waals surface area contributed by atoms with Crippen molar-refractivity contribution in [2.75, 3.05) is 13.1 Å². The summed E-state index contributed by atoms with van der Waals surface area (Å²) in [6.07, 6.45) is 2.66. The van der Waals surface area contributed by atoms with Crippen molar-refractivity contribution < 1.29 is 18.7 Å². The van der Waals surface area contributed by atoms with Crippen LogP contribution in [0, 0.1) is 17.1 Å². The van der Waals surface area contributed by atoms with Crippen molar-refractivity contribution in [3.05, 3.63) is 88.9 Å². The van der Waals surface area contributed by atoms with E-state index in [4.69, 9.17) is 14.7 Å². The number of halogens is 1. The van der Waals surface area contributed by atoms with Gasteiger partial charge in [0.05, 0.1) is 35.4 Å². The number of likely N-dealkylation sites (tertiary alicyclic amines) is 1. The lowest BCUT2D eigenvalue weighted by atomic mass is 9.98. The number of hydrogen-bond acceptors (Lipinski definition) is 6. The van der Waals surface area contributed by atoms with Gasteiger partial charge in [-0.2, -0.15) is 5.26 Å². The molecule has 38 heavy (non-hydrogen) atoms. The van der Waals surface area contributed by atoms with Crippen LogP contribution in [0.4, 0.5) is 4.39 Å². The summed E-state index contributed by atoms with van der Waals surface area (Å²) in [6.45, 7) is 9.23. The molecule has 7 nitrogen and oxygen atoms in total. The van der Waals surface area contributed by atoms with Crippen LogP contribution in [0.25, 0.3) is 0 Å². The number of hydrogen-bond donors (Lipinski definition) is 1. The highest BCUT2D eigenvalue weighted by atomic mass is 19.1. The molecule has 1 aromatic heterocycles. The number of carbonyl (C=O) groups is 1. The number of amides is 1. The van der Waals surface area contributed by atoms with E-state index in [-0.39, 0.29) is 35.4 Å². The van der Waals surface area contributed by atoms with Gasteiger partial charge in [0.25, 0.3) is 5.91 Å². The van der Waals surface area contributed by atoms with Crippen LogP contribution < -0.4 is 14.8 Å². The van der Waals surface area contributed by atoms with Crippen molar-refractivity contribution in [1.82, 2.24) is 15.2 Å². The van der Waals surface area contributed by atoms with Crippen LogP contribution in [-0.4, -0.2) is 47.1 Å². The van der Waals surface area contributed by atoms with E-state index in [9.17, 15) is 9.18 Å². The second-order valence-electron chi connectivity index (χ2n) is 9.99. The zero-order valence-corrected chi connectivity index (χ0v) is 22.1. The third-order valence-corrected chi connectivity index (χ3v) is 6.26. The molecule has 1 N–H and O–H groups in total. The minimum Gasteiger partial charge on any atom is -0.491 e. The molecule has 1 amide bonds. The maximum atomic E-state index is 14.4. The summed E-state index contributed by atoms with van der Waals surface area (Å²) in [5.74, 6) is 0.187. The molecular formula is C30H33FN4O3. The van der Waals surface area contributed by atoms with Crippen molar-refractivity contribution in [3.63, 3.8) is 0 Å². The lowest BCUT2D eigenvalue weighted by Gasteiger charge is -2.29. The lowest BCUT2D eigenvalue weighted by molar-refractivity contribution is 0.0932. The molecule has 0 aliphatic carbocycles. The second kappa shape index (κ2) is 12.1. The monoisotopic (exact) mass is 516 g/mol. The number of aromatic nitrogens is 1. The van der Waals surface area contributed by atoms with Gasteiger partial charge in [-0.25, -0.2) is 9.37 Å². The molecule has 198 valence electrons. The van der Waals surface area contributed by atoms with Crippen LogP contribution in [0.1, 0.15) is 67.2 Å². The van der Waals surface area contributed by atoms with Gasteiger partial charge in [-0.1, -0.05) is 18.2 Å². The summed E-state index contributed by atoms with van der Waals surface area (Å²) >= 11 is 0. The minimum absolute atomic E-state index is 0.0292. The van der Waals surface area contributed by atoms with Crippen LogP contribution >= 0.6 is 0 Å². The molecular weight excluding hydrogens is 483 g/mol. The molecule has 1 aliphatic heterocycles. The predicted molar refractivity (Wildman–Crippen MR) is 143 cm³/mol. The molecule has 1 unspecified atom stereocenters. The molecule has 2 heterocycles. The number of benzene rings is 2. The molecule has 0 radical (unpaired) electrons. The Hall–Kier alpha value is -3.96. The van der Waals surface area contributed by atoms with Gasteiger partial charge in [-0.15, -0.1) is 0 Å². The fourth-order valence-corrected chi connectivity index (χ4v) is 4.65. The third kappa shape index (κ3) is 6.67. The van der Waals surface area contributed by atoms with Gasteiger partial charge >= 0.3 is 0 Å². The first-order chi connectivity index (χ1) is 18.2. The maximum absolute atomic E-state index is 14.4. The average Bonchev–Trinajstić information content (AvgIpc) is 3.33. The Morgan fingerprint density at radius 3 is 2.37 bits per heavy atom. The SMILES string of the molecule is CC(C)Oc1ccc(C(c2ccc(OC(C)C)nc2)N2CC[C@@H](NC(=O)c3ccc(C#N)cc3F)C2)cc1. The number of nitrogens with one attached hydrogen (secondary N) is 1. The summed E-state index contributed by atoms with van der Waals surface area (Å²) in [5.41, 5.74) is 2.19. The second-order valence-corrected chi connectivity index (χ2v) is 9.99. The average molecular weight is 517 g/mol. The number of nitriles is 1. The first-order valence-corrected chi connectivity index (χ1v) is 12.9. The molecule has 3 aromatic rings. The third-order valence-electron chi connectivity index (χ3n) is 6.26. The first kappa shape index (κ1) is 27.1. The fourth-order valence-electron chi connectivity index (χ4n) is 4.65. The Morgan fingerprint density at radius 2 is 1.76 bits per heavy atom. The van der Waals surface area contributed by atoms with Crippen LogP contribution in [-0.2, 0) is 0 Å². The molecule has 1 aliphatic rings. The zero-order chi connectivity index (χ0) is 27.2. The number of nitrogens with zero attached hydrogens (tertiary/aromatic N) is 3. The Balaban J connectivity index is 1.54. The molecule has 2 aromatic carbocycles. The molecule has 8 heteroatoms. The highest BCUT2D eigenvalue weighted by Crippen LogP contribution is 2.33.